The van der Waals surface area contributed by atoms with Crippen LogP contribution in [0.5, 0.6) is 0 Å². The lowest BCUT2D eigenvalue weighted by Gasteiger charge is -2.12. The molecule has 9 heteroatoms. The highest BCUT2D eigenvalue weighted by Gasteiger charge is 2.21. The molecule has 2 aromatic rings. The lowest BCUT2D eigenvalue weighted by atomic mass is 10.1. The van der Waals surface area contributed by atoms with Crippen LogP contribution in [0.2, 0.25) is 0 Å². The lowest BCUT2D eigenvalue weighted by molar-refractivity contribution is -0.384. The van der Waals surface area contributed by atoms with Gasteiger partial charge in [-0.25, -0.2) is 13.2 Å². The molecule has 0 aliphatic heterocycles. The number of benzene rings is 2. The largest absolute Gasteiger partial charge is 0.465 e. The topological polar surface area (TPSA) is 116 Å². The predicted molar refractivity (Wildman–Crippen MR) is 86.4 cm³/mol. The second kappa shape index (κ2) is 6.67. The quantitative estimate of drug-likeness (QED) is 0.503. The zero-order valence-corrected chi connectivity index (χ0v) is 13.7. The number of ether oxygens (including phenoxy) is 1. The van der Waals surface area contributed by atoms with Crippen LogP contribution in [0.25, 0.3) is 0 Å². The number of nitro groups is 1. The SMILES string of the molecule is COC(=O)c1cccc(S(=O)(=O)Nc2ccc([N+](=O)[O-])cc2)c1C. The molecule has 0 aromatic heterocycles. The van der Waals surface area contributed by atoms with Gasteiger partial charge in [-0.2, -0.15) is 0 Å². The number of carbonyl (C=O) groups is 1. The van der Waals surface area contributed by atoms with Crippen LogP contribution in [0.4, 0.5) is 11.4 Å². The highest BCUT2D eigenvalue weighted by molar-refractivity contribution is 7.92. The average Bonchev–Trinajstić information content (AvgIpc) is 2.54. The van der Waals surface area contributed by atoms with E-state index in [0.717, 1.165) is 0 Å². The van der Waals surface area contributed by atoms with E-state index >= 15 is 0 Å². The molecule has 0 aliphatic rings. The van der Waals surface area contributed by atoms with Crippen molar-refractivity contribution in [2.45, 2.75) is 11.8 Å². The van der Waals surface area contributed by atoms with Gasteiger partial charge in [0, 0.05) is 17.8 Å². The van der Waals surface area contributed by atoms with Gasteiger partial charge in [-0.3, -0.25) is 14.8 Å². The molecule has 24 heavy (non-hydrogen) atoms. The fourth-order valence-corrected chi connectivity index (χ4v) is 3.43. The normalized spacial score (nSPS) is 10.9. The molecule has 0 fully saturated rings. The minimum absolute atomic E-state index is 0.0799. The molecule has 126 valence electrons. The maximum atomic E-state index is 12.5. The van der Waals surface area contributed by atoms with E-state index in [2.05, 4.69) is 9.46 Å². The van der Waals surface area contributed by atoms with Crippen molar-refractivity contribution in [3.63, 3.8) is 0 Å². The van der Waals surface area contributed by atoms with Gasteiger partial charge < -0.3 is 4.74 Å². The zero-order chi connectivity index (χ0) is 17.9. The van der Waals surface area contributed by atoms with Gasteiger partial charge in [0.1, 0.15) is 0 Å². The molecule has 0 heterocycles. The van der Waals surface area contributed by atoms with E-state index in [1.807, 2.05) is 0 Å². The summed E-state index contributed by atoms with van der Waals surface area (Å²) in [5.41, 5.74) is 0.410. The molecule has 8 nitrogen and oxygen atoms in total. The summed E-state index contributed by atoms with van der Waals surface area (Å²) < 4.78 is 32.0. The third kappa shape index (κ3) is 3.51. The zero-order valence-electron chi connectivity index (χ0n) is 12.8. The van der Waals surface area contributed by atoms with Crippen molar-refractivity contribution in [2.75, 3.05) is 11.8 Å². The summed E-state index contributed by atoms with van der Waals surface area (Å²) in [6.07, 6.45) is 0. The molecule has 0 saturated heterocycles. The first-order chi connectivity index (χ1) is 11.3. The molecule has 1 N–H and O–H groups in total. The molecule has 0 spiro atoms. The number of hydrogen-bond acceptors (Lipinski definition) is 6. The van der Waals surface area contributed by atoms with Crippen molar-refractivity contribution in [3.8, 4) is 0 Å². The molecule has 0 aliphatic carbocycles. The van der Waals surface area contributed by atoms with Crippen LogP contribution in [-0.4, -0.2) is 26.4 Å². The Morgan fingerprint density at radius 2 is 1.79 bits per heavy atom. The third-order valence-corrected chi connectivity index (χ3v) is 4.83. The van der Waals surface area contributed by atoms with Crippen molar-refractivity contribution in [1.82, 2.24) is 0 Å². The number of rotatable bonds is 5. The molecule has 2 aromatic carbocycles. The van der Waals surface area contributed by atoms with Gasteiger partial charge >= 0.3 is 5.97 Å². The van der Waals surface area contributed by atoms with Gasteiger partial charge in [-0.1, -0.05) is 6.07 Å². The van der Waals surface area contributed by atoms with Gasteiger partial charge in [0.05, 0.1) is 22.5 Å². The molecule has 0 saturated carbocycles. The number of nitro benzene ring substituents is 1. The summed E-state index contributed by atoms with van der Waals surface area (Å²) in [6.45, 7) is 1.50. The highest BCUT2D eigenvalue weighted by atomic mass is 32.2. The molecule has 2 rings (SSSR count). The van der Waals surface area contributed by atoms with Crippen molar-refractivity contribution >= 4 is 27.4 Å². The second-order valence-electron chi connectivity index (χ2n) is 4.83. The number of nitrogens with one attached hydrogen (secondary N) is 1. The first-order valence-corrected chi connectivity index (χ1v) is 8.20. The second-order valence-corrected chi connectivity index (χ2v) is 6.48. The smallest absolute Gasteiger partial charge is 0.338 e. The van der Waals surface area contributed by atoms with Crippen LogP contribution in [0.1, 0.15) is 15.9 Å². The average molecular weight is 350 g/mol. The minimum Gasteiger partial charge on any atom is -0.465 e. The molecular formula is C15H14N2O6S. The van der Waals surface area contributed by atoms with E-state index in [9.17, 15) is 23.3 Å². The summed E-state index contributed by atoms with van der Waals surface area (Å²) in [4.78, 5) is 21.6. The van der Waals surface area contributed by atoms with Crippen LogP contribution >= 0.6 is 0 Å². The predicted octanol–water partition coefficient (Wildman–Crippen LogP) is 2.49. The van der Waals surface area contributed by atoms with E-state index in [4.69, 9.17) is 0 Å². The summed E-state index contributed by atoms with van der Waals surface area (Å²) in [7, 11) is -2.76. The van der Waals surface area contributed by atoms with E-state index in [1.54, 1.807) is 0 Å². The van der Waals surface area contributed by atoms with E-state index < -0.39 is 20.9 Å². The van der Waals surface area contributed by atoms with E-state index in [1.165, 1.54) is 56.5 Å². The van der Waals surface area contributed by atoms with Crippen LogP contribution in [0.3, 0.4) is 0 Å². The summed E-state index contributed by atoms with van der Waals surface area (Å²) >= 11 is 0. The Hall–Kier alpha value is -2.94. The number of hydrogen-bond donors (Lipinski definition) is 1. The van der Waals surface area contributed by atoms with Crippen molar-refractivity contribution in [1.29, 1.82) is 0 Å². The molecule has 0 unspecified atom stereocenters. The Bertz CT molecular complexity index is 891. The van der Waals surface area contributed by atoms with Gasteiger partial charge in [0.2, 0.25) is 0 Å². The van der Waals surface area contributed by atoms with Crippen LogP contribution in [0.15, 0.2) is 47.4 Å². The number of esters is 1. The van der Waals surface area contributed by atoms with Crippen molar-refractivity contribution in [2.24, 2.45) is 0 Å². The van der Waals surface area contributed by atoms with Crippen molar-refractivity contribution < 1.29 is 22.9 Å². The fraction of sp³-hybridized carbons (Fsp3) is 0.133. The minimum atomic E-state index is -3.97. The Morgan fingerprint density at radius 1 is 1.17 bits per heavy atom. The van der Waals surface area contributed by atoms with Gasteiger partial charge in [-0.15, -0.1) is 0 Å². The Kier molecular flexibility index (Phi) is 4.84. The first-order valence-electron chi connectivity index (χ1n) is 6.71. The number of methoxy groups -OCH3 is 1. The Balaban J connectivity index is 2.37. The monoisotopic (exact) mass is 350 g/mol. The van der Waals surface area contributed by atoms with Crippen LogP contribution in [-0.2, 0) is 14.8 Å². The van der Waals surface area contributed by atoms with E-state index in [-0.39, 0.29) is 27.4 Å². The van der Waals surface area contributed by atoms with Crippen molar-refractivity contribution in [3.05, 3.63) is 63.7 Å². The maximum Gasteiger partial charge on any atom is 0.338 e. The Morgan fingerprint density at radius 3 is 2.33 bits per heavy atom. The lowest BCUT2D eigenvalue weighted by Crippen LogP contribution is -2.16. The molecule has 0 bridgehead atoms. The molecule has 0 radical (unpaired) electrons. The summed E-state index contributed by atoms with van der Waals surface area (Å²) in [5, 5.41) is 10.6. The fourth-order valence-electron chi connectivity index (χ4n) is 2.10. The maximum absolute atomic E-state index is 12.5. The van der Waals surface area contributed by atoms with Gasteiger partial charge in [0.25, 0.3) is 15.7 Å². The number of carbonyl (C=O) groups excluding carboxylic acids is 1. The number of sulfonamides is 1. The highest BCUT2D eigenvalue weighted by Crippen LogP contribution is 2.23. The van der Waals surface area contributed by atoms with Crippen LogP contribution < -0.4 is 4.72 Å². The number of nitrogens with zero attached hydrogens (tertiary/aromatic N) is 1. The first kappa shape index (κ1) is 17.4. The number of non-ortho nitro benzene ring substituents is 1. The van der Waals surface area contributed by atoms with Gasteiger partial charge in [0.15, 0.2) is 0 Å². The van der Waals surface area contributed by atoms with Crippen LogP contribution in [0, 0.1) is 17.0 Å². The summed E-state index contributed by atoms with van der Waals surface area (Å²) in [6, 6.07) is 9.21. The van der Waals surface area contributed by atoms with E-state index in [0.29, 0.717) is 0 Å². The molecular weight excluding hydrogens is 336 g/mol. The number of anilines is 1. The standard InChI is InChI=1S/C15H14N2O6S/c1-10-13(15(18)23-2)4-3-5-14(10)24(21,22)16-11-6-8-12(9-7-11)17(19)20/h3-9,16H,1-2H3. The van der Waals surface area contributed by atoms with Gasteiger partial charge in [-0.05, 0) is 36.8 Å². The molecule has 0 atom stereocenters. The molecule has 0 amide bonds. The summed E-state index contributed by atoms with van der Waals surface area (Å²) in [5.74, 6) is -0.639. The third-order valence-electron chi connectivity index (χ3n) is 3.31. The Labute approximate surface area is 138 Å².